The Morgan fingerprint density at radius 1 is 0.789 bits per heavy atom. The molecule has 0 spiro atoms. The molecule has 10 N–H and O–H groups in total. The molecule has 0 fully saturated rings. The van der Waals surface area contributed by atoms with Crippen LogP contribution in [0.15, 0.2) is 0 Å². The lowest BCUT2D eigenvalue weighted by atomic mass is 9.94. The van der Waals surface area contributed by atoms with Gasteiger partial charge in [-0.3, -0.25) is 4.79 Å². The van der Waals surface area contributed by atoms with E-state index >= 15 is 0 Å². The minimum atomic E-state index is -2.22. The van der Waals surface area contributed by atoms with Gasteiger partial charge in [-0.15, -0.1) is 0 Å². The van der Waals surface area contributed by atoms with Gasteiger partial charge >= 0.3 is 0 Å². The van der Waals surface area contributed by atoms with E-state index in [0.717, 1.165) is 0 Å². The van der Waals surface area contributed by atoms with Crippen LogP contribution in [0.4, 0.5) is 0 Å². The number of nitrogens with two attached hydrogens (primary N) is 1. The molecule has 0 aromatic rings. The topological polar surface area (TPSA) is 205 Å². The molecule has 0 rings (SSSR count). The molecule has 0 aromatic heterocycles. The zero-order valence-corrected chi connectivity index (χ0v) is 9.81. The van der Waals surface area contributed by atoms with E-state index in [1.54, 1.807) is 0 Å². The summed E-state index contributed by atoms with van der Waals surface area (Å²) in [6, 6.07) is 0. The van der Waals surface area contributed by atoms with E-state index in [0.29, 0.717) is 0 Å². The Hall–Kier alpha value is -0.850. The van der Waals surface area contributed by atoms with Crippen LogP contribution in [0.25, 0.3) is 0 Å². The minimum Gasteiger partial charge on any atom is -0.394 e. The first-order valence-corrected chi connectivity index (χ1v) is 5.31. The molecule has 0 aromatic carbocycles. The highest BCUT2D eigenvalue weighted by atomic mass is 16.4. The molecular weight excluding hydrogens is 266 g/mol. The van der Waals surface area contributed by atoms with E-state index in [9.17, 15) is 30.3 Å². The van der Waals surface area contributed by atoms with Crippen molar-refractivity contribution >= 4 is 5.91 Å². The molecule has 0 radical (unpaired) electrons. The number of carbonyl (C=O) groups is 1. The molecule has 19 heavy (non-hydrogen) atoms. The lowest BCUT2D eigenvalue weighted by Gasteiger charge is -2.31. The second-order valence-corrected chi connectivity index (χ2v) is 4.05. The number of carbonyl (C=O) groups excluding carboxylic acids is 1. The predicted octanol–water partition coefficient (Wildman–Crippen LogP) is -6.01. The first-order valence-electron chi connectivity index (χ1n) is 5.31. The minimum absolute atomic E-state index is 0.923. The van der Waals surface area contributed by atoms with Crippen molar-refractivity contribution in [2.75, 3.05) is 6.61 Å². The number of hydrogen-bond donors (Lipinski definition) is 9. The highest BCUT2D eigenvalue weighted by Crippen LogP contribution is 2.12. The molecule has 1 amide bonds. The maximum Gasteiger partial charge on any atom is 0.249 e. The van der Waals surface area contributed by atoms with Gasteiger partial charge in [-0.05, 0) is 0 Å². The summed E-state index contributed by atoms with van der Waals surface area (Å²) in [5, 5.41) is 73.4. The van der Waals surface area contributed by atoms with Gasteiger partial charge in [0.15, 0.2) is 6.10 Å². The number of primary amides is 1. The maximum absolute atomic E-state index is 10.6. The Morgan fingerprint density at radius 2 is 1.16 bits per heavy atom. The Kier molecular flexibility index (Phi) is 7.33. The van der Waals surface area contributed by atoms with Crippen LogP contribution in [0.3, 0.4) is 0 Å². The summed E-state index contributed by atoms with van der Waals surface area (Å²) in [6.45, 7) is -0.923. The van der Waals surface area contributed by atoms with Crippen LogP contribution in [0.2, 0.25) is 0 Å². The monoisotopic (exact) mass is 285 g/mol. The summed E-state index contributed by atoms with van der Waals surface area (Å²) in [5.41, 5.74) is 4.65. The van der Waals surface area contributed by atoms with Crippen LogP contribution < -0.4 is 5.73 Å². The van der Waals surface area contributed by atoms with Crippen LogP contribution in [-0.2, 0) is 4.79 Å². The second-order valence-electron chi connectivity index (χ2n) is 4.05. The maximum atomic E-state index is 10.6. The van der Waals surface area contributed by atoms with E-state index < -0.39 is 55.2 Å². The fourth-order valence-electron chi connectivity index (χ4n) is 1.30. The Bertz CT molecular complexity index is 289. The lowest BCUT2D eigenvalue weighted by molar-refractivity contribution is -0.173. The Labute approximate surface area is 108 Å². The van der Waals surface area contributed by atoms with E-state index in [1.165, 1.54) is 0 Å². The lowest BCUT2D eigenvalue weighted by Crippen LogP contribution is -2.56. The van der Waals surface area contributed by atoms with E-state index in [2.05, 4.69) is 5.73 Å². The molecule has 0 bridgehead atoms. The first-order chi connectivity index (χ1) is 8.64. The van der Waals surface area contributed by atoms with Crippen molar-refractivity contribution in [3.63, 3.8) is 0 Å². The quantitative estimate of drug-likeness (QED) is 0.208. The zero-order valence-electron chi connectivity index (χ0n) is 9.81. The molecule has 7 atom stereocenters. The van der Waals surface area contributed by atoms with Crippen molar-refractivity contribution in [3.05, 3.63) is 0 Å². The first kappa shape index (κ1) is 18.1. The van der Waals surface area contributed by atoms with Crippen LogP contribution in [0.1, 0.15) is 0 Å². The molecule has 0 heterocycles. The van der Waals surface area contributed by atoms with Crippen molar-refractivity contribution in [1.29, 1.82) is 0 Å². The van der Waals surface area contributed by atoms with Crippen molar-refractivity contribution in [2.24, 2.45) is 5.73 Å². The zero-order chi connectivity index (χ0) is 15.3. The Morgan fingerprint density at radius 3 is 1.53 bits per heavy atom. The van der Waals surface area contributed by atoms with Gasteiger partial charge in [0.25, 0.3) is 0 Å². The van der Waals surface area contributed by atoms with Gasteiger partial charge < -0.3 is 46.6 Å². The second kappa shape index (κ2) is 7.67. The third kappa shape index (κ3) is 4.63. The smallest absolute Gasteiger partial charge is 0.249 e. The van der Waals surface area contributed by atoms with Gasteiger partial charge in [0.1, 0.15) is 36.6 Å². The molecule has 0 saturated carbocycles. The fraction of sp³-hybridized carbons (Fsp3) is 0.889. The van der Waals surface area contributed by atoms with E-state index in [4.69, 9.17) is 15.3 Å². The number of aliphatic hydroxyl groups excluding tert-OH is 8. The average Bonchev–Trinajstić information content (AvgIpc) is 2.40. The molecule has 10 heteroatoms. The normalized spacial score (nSPS) is 22.9. The standard InChI is InChI=1S/C9H19NO9/c10-9(19)8(18)7(17)6(16)5(15)4(14)3(13)2(12)1-11/h2-8,11-18H,1H2,(H2,10,19). The number of hydrogen-bond acceptors (Lipinski definition) is 9. The predicted molar refractivity (Wildman–Crippen MR) is 58.3 cm³/mol. The SMILES string of the molecule is NC(=O)C(O)C(O)C(O)C(O)C(O)C(O)C(O)CO. The van der Waals surface area contributed by atoms with Crippen LogP contribution >= 0.6 is 0 Å². The highest BCUT2D eigenvalue weighted by Gasteiger charge is 2.40. The molecule has 0 aliphatic heterocycles. The van der Waals surface area contributed by atoms with Gasteiger partial charge in [0.2, 0.25) is 5.91 Å². The molecule has 114 valence electrons. The molecule has 10 nitrogen and oxygen atoms in total. The summed E-state index contributed by atoms with van der Waals surface area (Å²) >= 11 is 0. The summed E-state index contributed by atoms with van der Waals surface area (Å²) in [4.78, 5) is 10.6. The average molecular weight is 285 g/mol. The van der Waals surface area contributed by atoms with Crippen LogP contribution in [0, 0.1) is 0 Å². The van der Waals surface area contributed by atoms with Gasteiger partial charge in [-0.1, -0.05) is 0 Å². The number of amides is 1. The van der Waals surface area contributed by atoms with Crippen molar-refractivity contribution in [3.8, 4) is 0 Å². The summed E-state index contributed by atoms with van der Waals surface area (Å²) in [7, 11) is 0. The summed E-state index contributed by atoms with van der Waals surface area (Å²) < 4.78 is 0. The number of rotatable bonds is 8. The van der Waals surface area contributed by atoms with E-state index in [-0.39, 0.29) is 0 Å². The van der Waals surface area contributed by atoms with Crippen molar-refractivity contribution in [1.82, 2.24) is 0 Å². The Balaban J connectivity index is 4.71. The van der Waals surface area contributed by atoms with Crippen molar-refractivity contribution < 1.29 is 45.6 Å². The fourth-order valence-corrected chi connectivity index (χ4v) is 1.30. The highest BCUT2D eigenvalue weighted by molar-refractivity contribution is 5.79. The van der Waals surface area contributed by atoms with Gasteiger partial charge in [0.05, 0.1) is 6.61 Å². The third-order valence-electron chi connectivity index (χ3n) is 2.60. The molecule has 7 unspecified atom stereocenters. The summed E-state index contributed by atoms with van der Waals surface area (Å²) in [6.07, 6.45) is -14.8. The summed E-state index contributed by atoms with van der Waals surface area (Å²) in [5.74, 6) is -1.37. The largest absolute Gasteiger partial charge is 0.394 e. The molecule has 0 aliphatic carbocycles. The van der Waals surface area contributed by atoms with E-state index in [1.807, 2.05) is 0 Å². The van der Waals surface area contributed by atoms with Crippen LogP contribution in [0.5, 0.6) is 0 Å². The van der Waals surface area contributed by atoms with Crippen LogP contribution in [-0.4, -0.2) is 96.1 Å². The van der Waals surface area contributed by atoms with Crippen molar-refractivity contribution in [2.45, 2.75) is 42.7 Å². The van der Waals surface area contributed by atoms with Gasteiger partial charge in [-0.25, -0.2) is 0 Å². The molecule has 0 aliphatic rings. The third-order valence-corrected chi connectivity index (χ3v) is 2.60. The van der Waals surface area contributed by atoms with Gasteiger partial charge in [-0.2, -0.15) is 0 Å². The molecule has 0 saturated heterocycles. The molecular formula is C9H19NO9. The number of aliphatic hydroxyl groups is 8. The van der Waals surface area contributed by atoms with Gasteiger partial charge in [0, 0.05) is 0 Å².